The number of methoxy groups -OCH3 is 1. The summed E-state index contributed by atoms with van der Waals surface area (Å²) in [6, 6.07) is 5.54. The van der Waals surface area contributed by atoms with Crippen LogP contribution in [0.3, 0.4) is 0 Å². The number of nitrogens with one attached hydrogen (secondary N) is 1. The Morgan fingerprint density at radius 3 is 2.60 bits per heavy atom. The van der Waals surface area contributed by atoms with Gasteiger partial charge in [0.15, 0.2) is 5.76 Å². The number of halogens is 2. The molecule has 1 heterocycles. The van der Waals surface area contributed by atoms with Crippen molar-refractivity contribution in [2.75, 3.05) is 14.2 Å². The number of rotatable bonds is 6. The lowest BCUT2D eigenvalue weighted by Gasteiger charge is -2.09. The van der Waals surface area contributed by atoms with Gasteiger partial charge >= 0.3 is 0 Å². The third-order valence-electron chi connectivity index (χ3n) is 2.54. The number of benzene rings is 1. The first-order valence-electron chi connectivity index (χ1n) is 5.89. The number of hydrogen-bond acceptors (Lipinski definition) is 5. The average Bonchev–Trinajstić information content (AvgIpc) is 2.87. The van der Waals surface area contributed by atoms with Crippen LogP contribution in [0.15, 0.2) is 31.7 Å². The molecule has 0 aliphatic carbocycles. The van der Waals surface area contributed by atoms with E-state index >= 15 is 0 Å². The van der Waals surface area contributed by atoms with E-state index in [0.29, 0.717) is 24.7 Å². The van der Waals surface area contributed by atoms with Crippen molar-refractivity contribution in [3.05, 3.63) is 38.6 Å². The van der Waals surface area contributed by atoms with E-state index in [0.717, 1.165) is 20.4 Å². The van der Waals surface area contributed by atoms with E-state index in [4.69, 9.17) is 14.0 Å². The lowest BCUT2D eigenvalue weighted by Crippen LogP contribution is -2.04. The summed E-state index contributed by atoms with van der Waals surface area (Å²) in [5.74, 6) is 2.11. The minimum atomic E-state index is 0.314. The van der Waals surface area contributed by atoms with Gasteiger partial charge in [0.1, 0.15) is 18.1 Å². The van der Waals surface area contributed by atoms with Gasteiger partial charge in [-0.15, -0.1) is 0 Å². The quantitative estimate of drug-likeness (QED) is 0.796. The predicted octanol–water partition coefficient (Wildman–Crippen LogP) is 3.51. The van der Waals surface area contributed by atoms with E-state index in [-0.39, 0.29) is 0 Å². The number of ether oxygens (including phenoxy) is 2. The van der Waals surface area contributed by atoms with E-state index in [9.17, 15) is 0 Å². The molecule has 5 nitrogen and oxygen atoms in total. The first kappa shape index (κ1) is 15.3. The first-order valence-corrected chi connectivity index (χ1v) is 7.47. The van der Waals surface area contributed by atoms with Gasteiger partial charge in [0.05, 0.1) is 21.7 Å². The van der Waals surface area contributed by atoms with Crippen molar-refractivity contribution in [3.8, 4) is 11.5 Å². The summed E-state index contributed by atoms with van der Waals surface area (Å²) >= 11 is 6.87. The monoisotopic (exact) mass is 404 g/mol. The maximum Gasteiger partial charge on any atom is 0.174 e. The largest absolute Gasteiger partial charge is 0.496 e. The van der Waals surface area contributed by atoms with Gasteiger partial charge in [-0.1, -0.05) is 5.16 Å². The van der Waals surface area contributed by atoms with Crippen LogP contribution in [0, 0.1) is 0 Å². The third-order valence-corrected chi connectivity index (χ3v) is 3.78. The van der Waals surface area contributed by atoms with E-state index in [2.05, 4.69) is 42.3 Å². The molecule has 0 aliphatic heterocycles. The summed E-state index contributed by atoms with van der Waals surface area (Å²) in [7, 11) is 3.47. The highest BCUT2D eigenvalue weighted by atomic mass is 79.9. The molecule has 108 valence electrons. The summed E-state index contributed by atoms with van der Waals surface area (Å²) < 4.78 is 17.7. The number of hydrogen-bond donors (Lipinski definition) is 1. The molecule has 0 aliphatic rings. The molecule has 0 amide bonds. The Kier molecular flexibility index (Phi) is 5.45. The minimum absolute atomic E-state index is 0.314. The van der Waals surface area contributed by atoms with E-state index < -0.39 is 0 Å². The van der Waals surface area contributed by atoms with Crippen LogP contribution in [-0.4, -0.2) is 19.3 Å². The molecule has 0 saturated heterocycles. The smallest absolute Gasteiger partial charge is 0.174 e. The molecule has 0 radical (unpaired) electrons. The zero-order valence-electron chi connectivity index (χ0n) is 11.1. The summed E-state index contributed by atoms with van der Waals surface area (Å²) in [5, 5.41) is 6.94. The fraction of sp³-hybridized carbons (Fsp3) is 0.308. The van der Waals surface area contributed by atoms with Crippen molar-refractivity contribution in [2.45, 2.75) is 13.2 Å². The fourth-order valence-electron chi connectivity index (χ4n) is 1.61. The lowest BCUT2D eigenvalue weighted by molar-refractivity contribution is 0.246. The van der Waals surface area contributed by atoms with Crippen LogP contribution in [0.1, 0.15) is 11.5 Å². The van der Waals surface area contributed by atoms with Crippen molar-refractivity contribution in [1.82, 2.24) is 10.5 Å². The molecule has 0 saturated carbocycles. The van der Waals surface area contributed by atoms with Crippen LogP contribution in [0.2, 0.25) is 0 Å². The highest BCUT2D eigenvalue weighted by Gasteiger charge is 2.10. The normalized spacial score (nSPS) is 10.6. The van der Waals surface area contributed by atoms with Gasteiger partial charge in [0.2, 0.25) is 0 Å². The molecular weight excluding hydrogens is 392 g/mol. The third kappa shape index (κ3) is 3.74. The molecule has 7 heteroatoms. The summed E-state index contributed by atoms with van der Waals surface area (Å²) in [6.07, 6.45) is 0. The standard InChI is InChI=1S/C13H14Br2N2O3/c1-16-6-8-3-9(20-17-8)7-19-13-5-10(14)12(18-2)4-11(13)15/h3-5,16H,6-7H2,1-2H3. The van der Waals surface area contributed by atoms with Gasteiger partial charge in [-0.25, -0.2) is 0 Å². The van der Waals surface area contributed by atoms with Gasteiger partial charge < -0.3 is 19.3 Å². The second kappa shape index (κ2) is 7.10. The number of aromatic nitrogens is 1. The van der Waals surface area contributed by atoms with Crippen LogP contribution in [0.5, 0.6) is 11.5 Å². The molecule has 1 aromatic carbocycles. The summed E-state index contributed by atoms with van der Waals surface area (Å²) in [5.41, 5.74) is 0.848. The van der Waals surface area contributed by atoms with Crippen LogP contribution in [-0.2, 0) is 13.2 Å². The fourth-order valence-corrected chi connectivity index (χ4v) is 2.54. The molecular formula is C13H14Br2N2O3. The first-order chi connectivity index (χ1) is 9.63. The van der Waals surface area contributed by atoms with Crippen molar-refractivity contribution >= 4 is 31.9 Å². The van der Waals surface area contributed by atoms with Crippen LogP contribution in [0.25, 0.3) is 0 Å². The molecule has 0 unspecified atom stereocenters. The molecule has 0 atom stereocenters. The molecule has 0 bridgehead atoms. The van der Waals surface area contributed by atoms with E-state index in [1.165, 1.54) is 0 Å². The molecule has 0 spiro atoms. The molecule has 1 aromatic heterocycles. The Labute approximate surface area is 133 Å². The maximum absolute atomic E-state index is 5.71. The second-order valence-electron chi connectivity index (χ2n) is 4.02. The average molecular weight is 406 g/mol. The SMILES string of the molecule is CNCc1cc(COc2cc(Br)c(OC)cc2Br)on1. The molecule has 2 aromatic rings. The Morgan fingerprint density at radius 2 is 1.90 bits per heavy atom. The predicted molar refractivity (Wildman–Crippen MR) is 82.0 cm³/mol. The molecule has 20 heavy (non-hydrogen) atoms. The Balaban J connectivity index is 2.04. The van der Waals surface area contributed by atoms with Crippen LogP contribution < -0.4 is 14.8 Å². The van der Waals surface area contributed by atoms with Crippen molar-refractivity contribution < 1.29 is 14.0 Å². The van der Waals surface area contributed by atoms with Crippen LogP contribution >= 0.6 is 31.9 Å². The minimum Gasteiger partial charge on any atom is -0.496 e. The highest BCUT2D eigenvalue weighted by Crippen LogP contribution is 2.36. The zero-order chi connectivity index (χ0) is 14.5. The summed E-state index contributed by atoms with van der Waals surface area (Å²) in [6.45, 7) is 0.982. The van der Waals surface area contributed by atoms with Crippen molar-refractivity contribution in [2.24, 2.45) is 0 Å². The molecule has 1 N–H and O–H groups in total. The second-order valence-corrected chi connectivity index (χ2v) is 5.73. The van der Waals surface area contributed by atoms with Gasteiger partial charge in [-0.05, 0) is 51.0 Å². The molecule has 2 rings (SSSR count). The van der Waals surface area contributed by atoms with E-state index in [1.807, 2.05) is 25.2 Å². The van der Waals surface area contributed by atoms with Crippen LogP contribution in [0.4, 0.5) is 0 Å². The van der Waals surface area contributed by atoms with Gasteiger partial charge in [0, 0.05) is 12.6 Å². The Hall–Kier alpha value is -1.05. The van der Waals surface area contributed by atoms with Gasteiger partial charge in [0.25, 0.3) is 0 Å². The summed E-state index contributed by atoms with van der Waals surface area (Å²) in [4.78, 5) is 0. The van der Waals surface area contributed by atoms with Crippen molar-refractivity contribution in [1.29, 1.82) is 0 Å². The van der Waals surface area contributed by atoms with Gasteiger partial charge in [-0.3, -0.25) is 0 Å². The highest BCUT2D eigenvalue weighted by molar-refractivity contribution is 9.11. The van der Waals surface area contributed by atoms with Gasteiger partial charge in [-0.2, -0.15) is 0 Å². The number of nitrogens with zero attached hydrogens (tertiary/aromatic N) is 1. The maximum atomic E-state index is 5.71. The lowest BCUT2D eigenvalue weighted by atomic mass is 10.3. The Bertz CT molecular complexity index is 587. The zero-order valence-corrected chi connectivity index (χ0v) is 14.2. The van der Waals surface area contributed by atoms with E-state index in [1.54, 1.807) is 7.11 Å². The Morgan fingerprint density at radius 1 is 1.20 bits per heavy atom. The molecule has 0 fully saturated rings. The van der Waals surface area contributed by atoms with Crippen molar-refractivity contribution in [3.63, 3.8) is 0 Å². The topological polar surface area (TPSA) is 56.5 Å².